The van der Waals surface area contributed by atoms with E-state index in [4.69, 9.17) is 14.1 Å². The molecule has 0 unspecified atom stereocenters. The number of ether oxygens (including phenoxy) is 1. The molecule has 1 aromatic carbocycles. The maximum atomic E-state index is 15.1. The molecule has 38 heavy (non-hydrogen) atoms. The molecule has 0 amide bonds. The van der Waals surface area contributed by atoms with Crippen LogP contribution in [0.25, 0.3) is 3.59 Å². The molecule has 0 atom stereocenters. The Morgan fingerprint density at radius 1 is 1.00 bits per heavy atom. The molecule has 1 heterocycles. The Hall–Kier alpha value is -1.90. The molecule has 0 fully saturated rings. The number of methoxy groups -OCH3 is 1. The normalized spacial score (nSPS) is 12.7. The number of aryl methyl sites for hydroxylation is 3. The first-order valence-electron chi connectivity index (χ1n) is 14.3. The minimum atomic E-state index is -2.89. The second kappa shape index (κ2) is 16.9. The summed E-state index contributed by atoms with van der Waals surface area (Å²) in [4.78, 5) is 9.15. The van der Waals surface area contributed by atoms with Crippen molar-refractivity contribution in [2.75, 3.05) is 14.2 Å². The van der Waals surface area contributed by atoms with Gasteiger partial charge in [-0.25, -0.2) is 0 Å². The second-order valence-corrected chi connectivity index (χ2v) is 23.4. The van der Waals surface area contributed by atoms with Crippen LogP contribution in [0.5, 0.6) is 5.75 Å². The number of allylic oxidation sites excluding steroid dienone is 1. The molecule has 6 nitrogen and oxygen atoms in total. The molecular weight excluding hydrogens is 588 g/mol. The average molecular weight is 636 g/mol. The van der Waals surface area contributed by atoms with Crippen LogP contribution < -0.4 is 4.74 Å². The number of aromatic nitrogens is 2. The van der Waals surface area contributed by atoms with Gasteiger partial charge in [0.25, 0.3) is 0 Å². The second-order valence-electron chi connectivity index (χ2n) is 10.3. The van der Waals surface area contributed by atoms with Crippen molar-refractivity contribution >= 4 is 27.9 Å². The van der Waals surface area contributed by atoms with Crippen LogP contribution in [0.4, 0.5) is 4.39 Å². The number of benzene rings is 1. The van der Waals surface area contributed by atoms with E-state index >= 15 is 4.39 Å². The molecule has 0 aliphatic rings. The number of halogens is 1. The zero-order valence-corrected chi connectivity index (χ0v) is 27.5. The first-order valence-corrected chi connectivity index (χ1v) is 21.8. The van der Waals surface area contributed by atoms with E-state index in [9.17, 15) is 0 Å². The Labute approximate surface area is 233 Å². The Bertz CT molecular complexity index is 1030. The molecule has 0 saturated carbocycles. The first-order chi connectivity index (χ1) is 18.3. The number of unbranched alkanes of at least 4 members (excludes halogenated alkanes) is 4. The molecule has 0 aliphatic carbocycles. The van der Waals surface area contributed by atoms with Gasteiger partial charge in [0.2, 0.25) is 0 Å². The molecule has 0 radical (unpaired) electrons. The van der Waals surface area contributed by atoms with E-state index in [-0.39, 0.29) is 0 Å². The van der Waals surface area contributed by atoms with Gasteiger partial charge in [-0.2, -0.15) is 0 Å². The van der Waals surface area contributed by atoms with E-state index < -0.39 is 24.3 Å². The summed E-state index contributed by atoms with van der Waals surface area (Å²) in [6.07, 6.45) is 12.5. The third-order valence-corrected chi connectivity index (χ3v) is 23.2. The molecule has 8 heteroatoms. The third kappa shape index (κ3) is 9.09. The van der Waals surface area contributed by atoms with Crippen LogP contribution >= 0.6 is 0 Å². The molecule has 2 aromatic rings. The zero-order valence-electron chi connectivity index (χ0n) is 24.7. The molecule has 0 aliphatic heterocycles. The monoisotopic (exact) mass is 637 g/mol. The summed E-state index contributed by atoms with van der Waals surface area (Å²) in [6, 6.07) is 4.15. The SMILES string of the molecule is CCC[CH2][Sn]([CH2]CCC)([CH2]CCC)/[C](=C/CCCc1nc(C)no1)c1cc(C)c(OC)c(C(F)=NOC)c1. The zero-order chi connectivity index (χ0) is 28.0. The van der Waals surface area contributed by atoms with E-state index in [1.165, 1.54) is 62.5 Å². The van der Waals surface area contributed by atoms with Gasteiger partial charge in [0.05, 0.1) is 0 Å². The topological polar surface area (TPSA) is 69.7 Å². The van der Waals surface area contributed by atoms with Crippen molar-refractivity contribution in [3.8, 4) is 5.75 Å². The van der Waals surface area contributed by atoms with Crippen LogP contribution in [0.2, 0.25) is 13.3 Å². The molecule has 212 valence electrons. The van der Waals surface area contributed by atoms with Gasteiger partial charge in [0, 0.05) is 0 Å². The van der Waals surface area contributed by atoms with Crippen molar-refractivity contribution in [1.29, 1.82) is 0 Å². The predicted molar refractivity (Wildman–Crippen MR) is 157 cm³/mol. The van der Waals surface area contributed by atoms with Crippen molar-refractivity contribution in [2.24, 2.45) is 5.16 Å². The van der Waals surface area contributed by atoms with Crippen molar-refractivity contribution in [3.63, 3.8) is 0 Å². The molecule has 0 saturated heterocycles. The van der Waals surface area contributed by atoms with Crippen molar-refractivity contribution in [1.82, 2.24) is 10.1 Å². The molecule has 0 bridgehead atoms. The summed E-state index contributed by atoms with van der Waals surface area (Å²) >= 11 is -2.89. The van der Waals surface area contributed by atoms with Gasteiger partial charge in [-0.15, -0.1) is 0 Å². The van der Waals surface area contributed by atoms with Crippen LogP contribution in [0.3, 0.4) is 0 Å². The number of nitrogens with zero attached hydrogens (tertiary/aromatic N) is 3. The number of hydrogen-bond donors (Lipinski definition) is 0. The summed E-state index contributed by atoms with van der Waals surface area (Å²) in [6.45, 7) is 10.7. The molecule has 0 spiro atoms. The van der Waals surface area contributed by atoms with Crippen LogP contribution in [-0.4, -0.2) is 48.7 Å². The fraction of sp³-hybridized carbons (Fsp3) is 0.633. The maximum absolute atomic E-state index is 15.1. The van der Waals surface area contributed by atoms with Crippen molar-refractivity contribution in [3.05, 3.63) is 46.6 Å². The van der Waals surface area contributed by atoms with E-state index in [0.29, 0.717) is 23.0 Å². The van der Waals surface area contributed by atoms with E-state index in [1.54, 1.807) is 7.11 Å². The summed E-state index contributed by atoms with van der Waals surface area (Å²) in [5, 5.41) is 7.54. The Balaban J connectivity index is 2.65. The summed E-state index contributed by atoms with van der Waals surface area (Å²) in [5.41, 5.74) is 2.40. The standard InChI is InChI=1S/C18H21FN3O3.3C4H9.Sn/c1-12-10-14(11-15(17(12)23-3)18(19)22-24-4)8-6-5-7-9-16-20-13(2)21-25-16;3*1-3-4-2;/h6,10-11H,5,7,9H2,1-4H3;3*1,3-4H2,2H3;. The van der Waals surface area contributed by atoms with Gasteiger partial charge in [-0.1, -0.05) is 0 Å². The van der Waals surface area contributed by atoms with Crippen LogP contribution in [0.15, 0.2) is 27.9 Å². The fourth-order valence-electron chi connectivity index (χ4n) is 5.39. The summed E-state index contributed by atoms with van der Waals surface area (Å²) in [5.74, 6) is 1.22. The first kappa shape index (κ1) is 32.3. The van der Waals surface area contributed by atoms with Crippen molar-refractivity contribution in [2.45, 2.75) is 106 Å². The van der Waals surface area contributed by atoms with Crippen LogP contribution in [0.1, 0.15) is 101 Å². The Morgan fingerprint density at radius 3 is 2.13 bits per heavy atom. The molecule has 0 N–H and O–H groups in total. The Morgan fingerprint density at radius 2 is 1.63 bits per heavy atom. The minimum absolute atomic E-state index is 0.359. The molecular formula is C30H48FN3O3Sn. The average Bonchev–Trinajstić information content (AvgIpc) is 3.33. The van der Waals surface area contributed by atoms with E-state index in [2.05, 4.69) is 48.2 Å². The summed E-state index contributed by atoms with van der Waals surface area (Å²) in [7, 11) is 2.94. The van der Waals surface area contributed by atoms with Gasteiger partial charge >= 0.3 is 234 Å². The van der Waals surface area contributed by atoms with Crippen LogP contribution in [0, 0.1) is 13.8 Å². The predicted octanol–water partition coefficient (Wildman–Crippen LogP) is 8.77. The van der Waals surface area contributed by atoms with E-state index in [0.717, 1.165) is 30.4 Å². The van der Waals surface area contributed by atoms with Crippen LogP contribution in [-0.2, 0) is 11.3 Å². The molecule has 2 rings (SSSR count). The summed E-state index contributed by atoms with van der Waals surface area (Å²) < 4.78 is 31.6. The Kier molecular flexibility index (Phi) is 14.4. The fourth-order valence-corrected chi connectivity index (χ4v) is 22.5. The number of hydrogen-bond acceptors (Lipinski definition) is 6. The number of rotatable bonds is 18. The van der Waals surface area contributed by atoms with Gasteiger partial charge in [0.15, 0.2) is 0 Å². The number of oxime groups is 1. The molecule has 1 aromatic heterocycles. The van der Waals surface area contributed by atoms with Gasteiger partial charge in [-0.3, -0.25) is 0 Å². The third-order valence-electron chi connectivity index (χ3n) is 7.29. The van der Waals surface area contributed by atoms with Gasteiger partial charge in [-0.05, 0) is 0 Å². The van der Waals surface area contributed by atoms with Gasteiger partial charge in [0.1, 0.15) is 0 Å². The van der Waals surface area contributed by atoms with Crippen molar-refractivity contribution < 1.29 is 18.5 Å². The van der Waals surface area contributed by atoms with Gasteiger partial charge < -0.3 is 0 Å². The van der Waals surface area contributed by atoms with E-state index in [1.807, 2.05) is 19.9 Å². The quantitative estimate of drug-likeness (QED) is 0.0709.